The van der Waals surface area contributed by atoms with Crippen LogP contribution in [0.3, 0.4) is 0 Å². The number of cyclic esters (lactones) is 2. The minimum absolute atomic E-state index is 0.193. The molecule has 62 heavy (non-hydrogen) atoms. The maximum absolute atomic E-state index is 15.0. The number of hydrogen-bond acceptors (Lipinski definition) is 12. The lowest BCUT2D eigenvalue weighted by Crippen LogP contribution is -2.33. The van der Waals surface area contributed by atoms with Gasteiger partial charge in [0.05, 0.1) is 92.7 Å². The van der Waals surface area contributed by atoms with E-state index in [0.29, 0.717) is 48.9 Å². The van der Waals surface area contributed by atoms with Crippen molar-refractivity contribution in [1.29, 1.82) is 0 Å². The number of nitrogens with one attached hydrogen (secondary N) is 2. The summed E-state index contributed by atoms with van der Waals surface area (Å²) in [6.45, 7) is 9.50. The topological polar surface area (TPSA) is 166 Å². The predicted molar refractivity (Wildman–Crippen MR) is 227 cm³/mol. The zero-order chi connectivity index (χ0) is 44.2. The fourth-order valence-corrected chi connectivity index (χ4v) is 7.69. The summed E-state index contributed by atoms with van der Waals surface area (Å²) in [6.07, 6.45) is 1.87. The Hall–Kier alpha value is -6.28. The summed E-state index contributed by atoms with van der Waals surface area (Å²) in [4.78, 5) is 57.4. The van der Waals surface area contributed by atoms with Gasteiger partial charge >= 0.3 is 12.2 Å². The zero-order valence-corrected chi connectivity index (χ0v) is 35.9. The van der Waals surface area contributed by atoms with E-state index in [-0.39, 0.29) is 38.0 Å². The highest BCUT2D eigenvalue weighted by Crippen LogP contribution is 2.35. The van der Waals surface area contributed by atoms with Gasteiger partial charge in [0.1, 0.15) is 23.8 Å². The second kappa shape index (κ2) is 18.8. The molecule has 0 bridgehead atoms. The minimum Gasteiger partial charge on any atom is -0.442 e. The number of amides is 4. The molecule has 4 aliphatic heterocycles. The summed E-state index contributed by atoms with van der Waals surface area (Å²) in [5, 5.41) is 14.3. The molecular formula is C42H54F2N12O6. The number of likely N-dealkylation sites (N-methyl/N-ethyl adjacent to an activating group) is 2. The first kappa shape index (κ1) is 43.8. The third-order valence-electron chi connectivity index (χ3n) is 11.0. The van der Waals surface area contributed by atoms with Gasteiger partial charge in [-0.3, -0.25) is 28.8 Å². The van der Waals surface area contributed by atoms with Crippen LogP contribution in [0, 0.1) is 11.6 Å². The average Bonchev–Trinajstić information content (AvgIpc) is 4.07. The number of anilines is 4. The van der Waals surface area contributed by atoms with E-state index in [1.54, 1.807) is 24.3 Å². The van der Waals surface area contributed by atoms with Gasteiger partial charge in [0.25, 0.3) is 0 Å². The molecule has 4 amide bonds. The second-order valence-corrected chi connectivity index (χ2v) is 16.4. The molecule has 18 nitrogen and oxygen atoms in total. The summed E-state index contributed by atoms with van der Waals surface area (Å²) >= 11 is 0. The average molecular weight is 861 g/mol. The Balaban J connectivity index is 0.000000186. The maximum Gasteiger partial charge on any atom is 0.414 e. The molecule has 8 rings (SSSR count). The van der Waals surface area contributed by atoms with Crippen molar-refractivity contribution < 1.29 is 37.4 Å². The van der Waals surface area contributed by atoms with Crippen molar-refractivity contribution in [2.75, 3.05) is 87.1 Å². The van der Waals surface area contributed by atoms with E-state index in [9.17, 15) is 23.6 Å². The number of ether oxygens (including phenoxy) is 2. The lowest BCUT2D eigenvalue weighted by Gasteiger charge is -2.21. The van der Waals surface area contributed by atoms with Crippen LogP contribution in [0.1, 0.15) is 36.4 Å². The van der Waals surface area contributed by atoms with Crippen molar-refractivity contribution in [2.45, 2.75) is 65.3 Å². The fourth-order valence-electron chi connectivity index (χ4n) is 7.69. The molecule has 2 atom stereocenters. The summed E-state index contributed by atoms with van der Waals surface area (Å²) < 4.78 is 44.4. The van der Waals surface area contributed by atoms with E-state index in [0.717, 1.165) is 48.7 Å². The number of halogens is 2. The Morgan fingerprint density at radius 2 is 1.26 bits per heavy atom. The van der Waals surface area contributed by atoms with Crippen molar-refractivity contribution in [3.8, 4) is 0 Å². The number of benzene rings is 2. The van der Waals surface area contributed by atoms with Gasteiger partial charge < -0.3 is 39.7 Å². The van der Waals surface area contributed by atoms with Crippen molar-refractivity contribution >= 4 is 46.8 Å². The monoisotopic (exact) mass is 860 g/mol. The first-order valence-electron chi connectivity index (χ1n) is 20.5. The highest BCUT2D eigenvalue weighted by Gasteiger charge is 2.35. The standard InChI is InChI=1S/2C21H27FN6O3/c1-14(29)23-9-17-12-28(21(30)31-17)16-4-5-20(18(22)8-16)26-10-15-11-27(7-6-25(2)3)24-19(15)13-26;1-14(29)23-10-17-12-27(21(30)31-17)16-4-5-19(18(22)8-16)26-11-15-9-24-28(20(15)13-26)7-6-25(2)3/h4-5,8,11,17H,6-7,9-10,12-13H2,1-3H3,(H,23,29);4-5,8-9,17H,6-7,10-13H2,1-3H3,(H,23,29)/t2*17-/m00/s1. The van der Waals surface area contributed by atoms with Crippen LogP contribution in [0.5, 0.6) is 0 Å². The minimum atomic E-state index is -0.546. The van der Waals surface area contributed by atoms with E-state index in [1.165, 1.54) is 35.8 Å². The molecule has 6 heterocycles. The molecule has 0 radical (unpaired) electrons. The lowest BCUT2D eigenvalue weighted by atomic mass is 10.2. The van der Waals surface area contributed by atoms with E-state index in [4.69, 9.17) is 9.47 Å². The Bertz CT molecular complexity index is 2270. The molecule has 20 heteroatoms. The van der Waals surface area contributed by atoms with Crippen molar-refractivity contribution in [3.05, 3.63) is 82.9 Å². The lowest BCUT2D eigenvalue weighted by molar-refractivity contribution is -0.120. The van der Waals surface area contributed by atoms with Gasteiger partial charge in [-0.1, -0.05) is 0 Å². The molecule has 0 spiro atoms. The summed E-state index contributed by atoms with van der Waals surface area (Å²) in [5.74, 6) is -1.18. The summed E-state index contributed by atoms with van der Waals surface area (Å²) in [6, 6.07) is 9.54. The predicted octanol–water partition coefficient (Wildman–Crippen LogP) is 3.13. The van der Waals surface area contributed by atoms with Crippen molar-refractivity contribution in [1.82, 2.24) is 40.0 Å². The van der Waals surface area contributed by atoms with Crippen LogP contribution in [0.2, 0.25) is 0 Å². The second-order valence-electron chi connectivity index (χ2n) is 16.4. The Morgan fingerprint density at radius 3 is 1.76 bits per heavy atom. The van der Waals surface area contributed by atoms with E-state index in [2.05, 4.69) is 30.6 Å². The highest BCUT2D eigenvalue weighted by atomic mass is 19.1. The molecular weight excluding hydrogens is 807 g/mol. The van der Waals surface area contributed by atoms with Crippen molar-refractivity contribution in [3.63, 3.8) is 0 Å². The van der Waals surface area contributed by atoms with E-state index in [1.807, 2.05) is 59.7 Å². The fraction of sp³-hybridized carbons (Fsp3) is 0.476. The number of aromatic nitrogens is 4. The molecule has 332 valence electrons. The van der Waals surface area contributed by atoms with Crippen molar-refractivity contribution in [2.24, 2.45) is 0 Å². The summed E-state index contributed by atoms with van der Waals surface area (Å²) in [7, 11) is 8.09. The number of carbonyl (C=O) groups is 4. The quantitative estimate of drug-likeness (QED) is 0.191. The van der Waals surface area contributed by atoms with Gasteiger partial charge in [-0.2, -0.15) is 10.2 Å². The molecule has 2 fully saturated rings. The Labute approximate surface area is 358 Å². The van der Waals surface area contributed by atoms with Gasteiger partial charge in [0.15, 0.2) is 0 Å². The molecule has 0 unspecified atom stereocenters. The first-order chi connectivity index (χ1) is 29.6. The molecule has 4 aromatic rings. The first-order valence-corrected chi connectivity index (χ1v) is 20.5. The number of hydrogen-bond donors (Lipinski definition) is 2. The van der Waals surface area contributed by atoms with Crippen LogP contribution in [0.15, 0.2) is 48.8 Å². The highest BCUT2D eigenvalue weighted by molar-refractivity contribution is 5.91. The Kier molecular flexibility index (Phi) is 13.3. The zero-order valence-electron chi connectivity index (χ0n) is 35.9. The molecule has 2 aromatic carbocycles. The SMILES string of the molecule is CC(=O)NC[C@H]1CN(c2ccc(N3Cc4cn(CCN(C)C)nc4C3)c(F)c2)C(=O)O1.CC(=O)NC[C@H]1CN(c2ccc(N3Cc4cnn(CCN(C)C)c4C3)c(F)c2)C(=O)O1. The number of rotatable bonds is 14. The van der Waals surface area contributed by atoms with Crippen LogP contribution >= 0.6 is 0 Å². The third-order valence-corrected chi connectivity index (χ3v) is 11.0. The molecule has 4 aliphatic rings. The third kappa shape index (κ3) is 10.2. The van der Waals surface area contributed by atoms with Crippen LogP contribution in [-0.2, 0) is 58.3 Å². The molecule has 2 saturated heterocycles. The van der Waals surface area contributed by atoms with Crippen LogP contribution < -0.4 is 30.2 Å². The number of nitrogens with zero attached hydrogens (tertiary/aromatic N) is 10. The van der Waals surface area contributed by atoms with Gasteiger partial charge in [-0.25, -0.2) is 18.4 Å². The van der Waals surface area contributed by atoms with Crippen LogP contribution in [-0.4, -0.2) is 133 Å². The molecule has 2 aromatic heterocycles. The van der Waals surface area contributed by atoms with Crippen LogP contribution in [0.25, 0.3) is 0 Å². The molecule has 0 aliphatic carbocycles. The maximum atomic E-state index is 15.0. The van der Waals surface area contributed by atoms with E-state index >= 15 is 4.39 Å². The van der Waals surface area contributed by atoms with Gasteiger partial charge in [0.2, 0.25) is 11.8 Å². The normalized spacial score (nSPS) is 18.0. The van der Waals surface area contributed by atoms with Gasteiger partial charge in [-0.15, -0.1) is 0 Å². The van der Waals surface area contributed by atoms with Crippen LogP contribution in [0.4, 0.5) is 41.1 Å². The van der Waals surface area contributed by atoms with E-state index < -0.39 is 36.0 Å². The number of fused-ring (bicyclic) bond motifs is 2. The Morgan fingerprint density at radius 1 is 0.742 bits per heavy atom. The number of carbonyl (C=O) groups excluding carboxylic acids is 4. The molecule has 2 N–H and O–H groups in total. The smallest absolute Gasteiger partial charge is 0.414 e. The largest absolute Gasteiger partial charge is 0.442 e. The molecule has 0 saturated carbocycles. The summed E-state index contributed by atoms with van der Waals surface area (Å²) in [5.41, 5.74) is 6.11. The van der Waals surface area contributed by atoms with Gasteiger partial charge in [-0.05, 0) is 64.6 Å². The van der Waals surface area contributed by atoms with Gasteiger partial charge in [0, 0.05) is 57.4 Å².